The van der Waals surface area contributed by atoms with Crippen molar-refractivity contribution in [2.75, 3.05) is 25.5 Å². The summed E-state index contributed by atoms with van der Waals surface area (Å²) in [7, 11) is 0. The number of benzene rings is 1. The lowest BCUT2D eigenvalue weighted by Gasteiger charge is -2.19. The Morgan fingerprint density at radius 3 is 2.71 bits per heavy atom. The van der Waals surface area contributed by atoms with Gasteiger partial charge in [0.15, 0.2) is 11.5 Å². The first-order valence-corrected chi connectivity index (χ1v) is 9.09. The summed E-state index contributed by atoms with van der Waals surface area (Å²) in [5, 5.41) is 2.98. The Hall–Kier alpha value is -0.880. The Bertz CT molecular complexity index is 534. The Morgan fingerprint density at radius 1 is 1.29 bits per heavy atom. The van der Waals surface area contributed by atoms with Crippen molar-refractivity contribution in [3.05, 3.63) is 22.2 Å². The number of ether oxygens (including phenoxy) is 2. The van der Waals surface area contributed by atoms with Gasteiger partial charge in [0.2, 0.25) is 5.91 Å². The van der Waals surface area contributed by atoms with Crippen LogP contribution in [0.2, 0.25) is 0 Å². The van der Waals surface area contributed by atoms with E-state index in [4.69, 9.17) is 9.47 Å². The lowest BCUT2D eigenvalue weighted by Crippen LogP contribution is -2.27. The molecule has 21 heavy (non-hydrogen) atoms. The molecule has 1 saturated carbocycles. The molecule has 4 nitrogen and oxygen atoms in total. The van der Waals surface area contributed by atoms with E-state index in [2.05, 4.69) is 21.2 Å². The molecule has 0 atom stereocenters. The van der Waals surface area contributed by atoms with Gasteiger partial charge in [0.25, 0.3) is 0 Å². The van der Waals surface area contributed by atoms with Crippen LogP contribution in [-0.4, -0.2) is 31.4 Å². The minimum absolute atomic E-state index is 0.126. The number of hydrogen-bond donors (Lipinski definition) is 1. The molecule has 114 valence electrons. The van der Waals surface area contributed by atoms with Crippen LogP contribution in [0.1, 0.15) is 18.4 Å². The zero-order valence-electron chi connectivity index (χ0n) is 11.7. The summed E-state index contributed by atoms with van der Waals surface area (Å²) in [6, 6.07) is 3.94. The molecular formula is C15H18BrNO3S. The predicted octanol–water partition coefficient (Wildman–Crippen LogP) is 2.98. The molecule has 1 amide bonds. The van der Waals surface area contributed by atoms with Crippen LogP contribution in [0, 0.1) is 5.92 Å². The van der Waals surface area contributed by atoms with Crippen molar-refractivity contribution in [1.29, 1.82) is 0 Å². The second kappa shape index (κ2) is 6.92. The molecule has 1 aliphatic heterocycles. The van der Waals surface area contributed by atoms with E-state index in [9.17, 15) is 4.79 Å². The number of fused-ring (bicyclic) bond motifs is 1. The van der Waals surface area contributed by atoms with Crippen LogP contribution in [0.25, 0.3) is 0 Å². The second-order valence-electron chi connectivity index (χ2n) is 5.33. The second-order valence-corrected chi connectivity index (χ2v) is 7.17. The van der Waals surface area contributed by atoms with Crippen LogP contribution >= 0.6 is 27.7 Å². The quantitative estimate of drug-likeness (QED) is 0.834. The van der Waals surface area contributed by atoms with E-state index in [1.165, 1.54) is 12.8 Å². The third-order valence-electron chi connectivity index (χ3n) is 3.49. The largest absolute Gasteiger partial charge is 0.486 e. The van der Waals surface area contributed by atoms with Crippen molar-refractivity contribution in [1.82, 2.24) is 5.32 Å². The van der Waals surface area contributed by atoms with Crippen molar-refractivity contribution in [2.24, 2.45) is 5.92 Å². The Morgan fingerprint density at radius 2 is 2.00 bits per heavy atom. The van der Waals surface area contributed by atoms with Crippen LogP contribution in [0.5, 0.6) is 11.5 Å². The summed E-state index contributed by atoms with van der Waals surface area (Å²) in [6.45, 7) is 2.02. The summed E-state index contributed by atoms with van der Waals surface area (Å²) in [5.74, 6) is 3.69. The maximum absolute atomic E-state index is 11.7. The van der Waals surface area contributed by atoms with Gasteiger partial charge in [-0.3, -0.25) is 4.79 Å². The molecule has 0 spiro atoms. The number of amides is 1. The minimum Gasteiger partial charge on any atom is -0.486 e. The van der Waals surface area contributed by atoms with Gasteiger partial charge >= 0.3 is 0 Å². The van der Waals surface area contributed by atoms with Crippen molar-refractivity contribution < 1.29 is 14.3 Å². The Balaban J connectivity index is 1.49. The van der Waals surface area contributed by atoms with Gasteiger partial charge in [-0.25, -0.2) is 0 Å². The molecule has 2 aliphatic rings. The number of hydrogen-bond acceptors (Lipinski definition) is 4. The van der Waals surface area contributed by atoms with E-state index in [-0.39, 0.29) is 5.91 Å². The monoisotopic (exact) mass is 371 g/mol. The van der Waals surface area contributed by atoms with Gasteiger partial charge in [0, 0.05) is 16.8 Å². The number of halogens is 1. The normalized spacial score (nSPS) is 16.6. The number of carbonyl (C=O) groups excluding carboxylic acids is 1. The van der Waals surface area contributed by atoms with Gasteiger partial charge < -0.3 is 14.8 Å². The molecule has 1 N–H and O–H groups in total. The molecule has 0 unspecified atom stereocenters. The van der Waals surface area contributed by atoms with E-state index in [1.807, 2.05) is 12.1 Å². The fraction of sp³-hybridized carbons (Fsp3) is 0.533. The molecule has 1 aromatic rings. The van der Waals surface area contributed by atoms with E-state index >= 15 is 0 Å². The molecule has 1 fully saturated rings. The minimum atomic E-state index is 0.126. The first kappa shape index (κ1) is 15.0. The number of rotatable bonds is 6. The van der Waals surface area contributed by atoms with E-state index in [0.717, 1.165) is 39.8 Å². The van der Waals surface area contributed by atoms with Gasteiger partial charge in [-0.2, -0.15) is 0 Å². The van der Waals surface area contributed by atoms with Gasteiger partial charge in [-0.05, 0) is 36.5 Å². The van der Waals surface area contributed by atoms with Gasteiger partial charge in [0.05, 0.1) is 5.75 Å². The van der Waals surface area contributed by atoms with E-state index < -0.39 is 0 Å². The zero-order valence-corrected chi connectivity index (χ0v) is 14.1. The molecule has 3 rings (SSSR count). The van der Waals surface area contributed by atoms with Crippen LogP contribution in [0.15, 0.2) is 16.6 Å². The summed E-state index contributed by atoms with van der Waals surface area (Å²) in [5.41, 5.74) is 1.12. The smallest absolute Gasteiger partial charge is 0.230 e. The maximum Gasteiger partial charge on any atom is 0.230 e. The molecule has 6 heteroatoms. The summed E-state index contributed by atoms with van der Waals surface area (Å²) < 4.78 is 12.1. The Kier molecular flexibility index (Phi) is 4.95. The molecular weight excluding hydrogens is 354 g/mol. The average Bonchev–Trinajstić information content (AvgIpc) is 3.30. The van der Waals surface area contributed by atoms with E-state index in [0.29, 0.717) is 19.0 Å². The first-order chi connectivity index (χ1) is 10.2. The van der Waals surface area contributed by atoms with Crippen molar-refractivity contribution in [3.8, 4) is 11.5 Å². The number of nitrogens with one attached hydrogen (secondary N) is 1. The van der Waals surface area contributed by atoms with Crippen LogP contribution in [0.3, 0.4) is 0 Å². The first-order valence-electron chi connectivity index (χ1n) is 7.15. The highest BCUT2D eigenvalue weighted by molar-refractivity contribution is 9.10. The molecule has 1 aromatic carbocycles. The fourth-order valence-corrected chi connectivity index (χ4v) is 3.60. The highest BCUT2D eigenvalue weighted by atomic mass is 79.9. The molecule has 0 bridgehead atoms. The van der Waals surface area contributed by atoms with Crippen molar-refractivity contribution in [3.63, 3.8) is 0 Å². The fourth-order valence-electron chi connectivity index (χ4n) is 2.10. The zero-order chi connectivity index (χ0) is 14.7. The number of thioether (sulfide) groups is 1. The lowest BCUT2D eigenvalue weighted by atomic mass is 10.2. The molecule has 1 heterocycles. The van der Waals surface area contributed by atoms with Crippen molar-refractivity contribution >= 4 is 33.6 Å². The Labute approximate surface area is 137 Å². The number of carbonyl (C=O) groups is 1. The molecule has 0 aromatic heterocycles. The average molecular weight is 372 g/mol. The molecule has 1 aliphatic carbocycles. The third-order valence-corrected chi connectivity index (χ3v) is 5.21. The highest BCUT2D eigenvalue weighted by Gasteiger charge is 2.21. The SMILES string of the molecule is O=C(CSCc1cc2c(cc1Br)OCCO2)NCC1CC1. The summed E-state index contributed by atoms with van der Waals surface area (Å²) in [6.07, 6.45) is 2.52. The highest BCUT2D eigenvalue weighted by Crippen LogP contribution is 2.36. The van der Waals surface area contributed by atoms with Crippen LogP contribution in [-0.2, 0) is 10.5 Å². The van der Waals surface area contributed by atoms with Gasteiger partial charge in [0.1, 0.15) is 13.2 Å². The van der Waals surface area contributed by atoms with Crippen LogP contribution < -0.4 is 14.8 Å². The van der Waals surface area contributed by atoms with E-state index in [1.54, 1.807) is 11.8 Å². The maximum atomic E-state index is 11.7. The van der Waals surface area contributed by atoms with Gasteiger partial charge in [-0.15, -0.1) is 11.8 Å². The summed E-state index contributed by atoms with van der Waals surface area (Å²) >= 11 is 5.16. The molecule has 0 saturated heterocycles. The molecule has 0 radical (unpaired) electrons. The predicted molar refractivity (Wildman–Crippen MR) is 87.0 cm³/mol. The van der Waals surface area contributed by atoms with Crippen LogP contribution in [0.4, 0.5) is 0 Å². The lowest BCUT2D eigenvalue weighted by molar-refractivity contribution is -0.118. The third kappa shape index (κ3) is 4.30. The topological polar surface area (TPSA) is 47.6 Å². The van der Waals surface area contributed by atoms with Crippen molar-refractivity contribution in [2.45, 2.75) is 18.6 Å². The van der Waals surface area contributed by atoms with Gasteiger partial charge in [-0.1, -0.05) is 15.9 Å². The standard InChI is InChI=1S/C15H18BrNO3S/c16-12-6-14-13(19-3-4-20-14)5-11(12)8-21-9-15(18)17-7-10-1-2-10/h5-6,10H,1-4,7-9H2,(H,17,18). The summed E-state index contributed by atoms with van der Waals surface area (Å²) in [4.78, 5) is 11.7.